The summed E-state index contributed by atoms with van der Waals surface area (Å²) in [6, 6.07) is 7.50. The van der Waals surface area contributed by atoms with E-state index in [9.17, 15) is 19.5 Å². The van der Waals surface area contributed by atoms with Gasteiger partial charge in [-0.1, -0.05) is 59.2 Å². The number of amides is 4. The van der Waals surface area contributed by atoms with Crippen LogP contribution in [-0.2, 0) is 20.4 Å². The predicted molar refractivity (Wildman–Crippen MR) is 131 cm³/mol. The Labute approximate surface area is 199 Å². The zero-order valence-electron chi connectivity index (χ0n) is 20.0. The first-order valence-corrected chi connectivity index (χ1v) is 11.0. The smallest absolute Gasteiger partial charge is 0.335 e. The minimum absolute atomic E-state index is 0.184. The number of nitrogens with zero attached hydrogens (tertiary/aromatic N) is 1. The highest BCUT2D eigenvalue weighted by atomic mass is 35.5. The van der Waals surface area contributed by atoms with Crippen LogP contribution < -0.4 is 10.2 Å². The number of aryl methyl sites for hydroxylation is 1. The van der Waals surface area contributed by atoms with Crippen LogP contribution in [0.1, 0.15) is 63.8 Å². The Morgan fingerprint density at radius 2 is 1.48 bits per heavy atom. The van der Waals surface area contributed by atoms with E-state index in [0.717, 1.165) is 10.5 Å². The maximum Gasteiger partial charge on any atom is 0.335 e. The average Bonchev–Trinajstić information content (AvgIpc) is 2.67. The van der Waals surface area contributed by atoms with Gasteiger partial charge in [0.25, 0.3) is 11.8 Å². The Morgan fingerprint density at radius 1 is 0.939 bits per heavy atom. The van der Waals surface area contributed by atoms with Gasteiger partial charge in [0, 0.05) is 16.1 Å². The van der Waals surface area contributed by atoms with Gasteiger partial charge in [0.2, 0.25) is 0 Å². The van der Waals surface area contributed by atoms with Crippen molar-refractivity contribution in [1.29, 1.82) is 0 Å². The summed E-state index contributed by atoms with van der Waals surface area (Å²) in [6.45, 7) is 13.7. The van der Waals surface area contributed by atoms with Gasteiger partial charge in [-0.15, -0.1) is 0 Å². The van der Waals surface area contributed by atoms with Crippen molar-refractivity contribution < 1.29 is 19.5 Å². The van der Waals surface area contributed by atoms with E-state index in [-0.39, 0.29) is 27.8 Å². The number of phenolic OH excluding ortho intramolecular Hbond substituents is 1. The molecule has 0 bridgehead atoms. The number of nitrogens with one attached hydrogen (secondary N) is 1. The molecule has 6 nitrogen and oxygen atoms in total. The molecule has 0 atom stereocenters. The number of imide groups is 2. The van der Waals surface area contributed by atoms with Gasteiger partial charge in [-0.3, -0.25) is 14.9 Å². The molecule has 3 rings (SSSR count). The minimum Gasteiger partial charge on any atom is -0.507 e. The number of aromatic hydroxyl groups is 1. The second kappa shape index (κ2) is 8.34. The van der Waals surface area contributed by atoms with E-state index in [0.29, 0.717) is 21.7 Å². The first-order valence-electron chi connectivity index (χ1n) is 10.7. The summed E-state index contributed by atoms with van der Waals surface area (Å²) >= 11 is 6.18. The van der Waals surface area contributed by atoms with Crippen molar-refractivity contribution in [3.63, 3.8) is 0 Å². The van der Waals surface area contributed by atoms with Gasteiger partial charge >= 0.3 is 6.03 Å². The van der Waals surface area contributed by atoms with Crippen LogP contribution in [0.15, 0.2) is 35.9 Å². The van der Waals surface area contributed by atoms with Crippen LogP contribution in [0.2, 0.25) is 5.02 Å². The molecule has 0 saturated carbocycles. The fraction of sp³-hybridized carbons (Fsp3) is 0.346. The van der Waals surface area contributed by atoms with Gasteiger partial charge < -0.3 is 5.11 Å². The van der Waals surface area contributed by atoms with Crippen molar-refractivity contribution >= 4 is 41.2 Å². The normalized spacial score (nSPS) is 16.4. The number of carbonyl (C=O) groups is 3. The Hall–Kier alpha value is -3.12. The number of halogens is 1. The lowest BCUT2D eigenvalue weighted by Crippen LogP contribution is -2.54. The summed E-state index contributed by atoms with van der Waals surface area (Å²) in [4.78, 5) is 39.3. The molecule has 1 aliphatic heterocycles. The highest BCUT2D eigenvalue weighted by molar-refractivity contribution is 6.39. The zero-order chi connectivity index (χ0) is 24.9. The van der Waals surface area contributed by atoms with Gasteiger partial charge in [-0.05, 0) is 59.2 Å². The van der Waals surface area contributed by atoms with Crippen molar-refractivity contribution in [2.45, 2.75) is 59.3 Å². The maximum atomic E-state index is 13.3. The summed E-state index contributed by atoms with van der Waals surface area (Å²) < 4.78 is 0. The third-order valence-corrected chi connectivity index (χ3v) is 5.98. The second-order valence-corrected chi connectivity index (χ2v) is 10.8. The van der Waals surface area contributed by atoms with Crippen LogP contribution in [0, 0.1) is 6.92 Å². The summed E-state index contributed by atoms with van der Waals surface area (Å²) in [7, 11) is 0. The number of rotatable bonds is 2. The van der Waals surface area contributed by atoms with Crippen LogP contribution in [0.5, 0.6) is 5.75 Å². The van der Waals surface area contributed by atoms with E-state index in [4.69, 9.17) is 11.6 Å². The standard InChI is InChI=1S/C26H29ClN2O4/c1-14-8-9-16(13-20(14)27)29-23(32)17(22(31)28-24(29)33)10-15-11-18(25(2,3)4)21(30)19(12-15)26(5,6)7/h8-13,30H,1-7H3,(H,28,31,33)/b17-10-. The highest BCUT2D eigenvalue weighted by Gasteiger charge is 2.37. The van der Waals surface area contributed by atoms with E-state index in [2.05, 4.69) is 5.32 Å². The Balaban J connectivity index is 2.16. The molecule has 0 radical (unpaired) electrons. The lowest BCUT2D eigenvalue weighted by atomic mass is 9.78. The van der Waals surface area contributed by atoms with Crippen molar-refractivity contribution in [2.24, 2.45) is 0 Å². The third-order valence-electron chi connectivity index (χ3n) is 5.57. The van der Waals surface area contributed by atoms with E-state index in [1.165, 1.54) is 12.1 Å². The second-order valence-electron chi connectivity index (χ2n) is 10.4. The van der Waals surface area contributed by atoms with Gasteiger partial charge in [-0.25, -0.2) is 9.69 Å². The van der Waals surface area contributed by atoms with Crippen molar-refractivity contribution in [2.75, 3.05) is 4.90 Å². The molecule has 33 heavy (non-hydrogen) atoms. The van der Waals surface area contributed by atoms with Crippen LogP contribution >= 0.6 is 11.6 Å². The molecular weight excluding hydrogens is 440 g/mol. The molecular formula is C26H29ClN2O4. The molecule has 0 aliphatic carbocycles. The fourth-order valence-corrected chi connectivity index (χ4v) is 3.84. The van der Waals surface area contributed by atoms with Crippen LogP contribution in [-0.4, -0.2) is 23.0 Å². The number of phenols is 1. The topological polar surface area (TPSA) is 86.7 Å². The maximum absolute atomic E-state index is 13.3. The minimum atomic E-state index is -0.835. The zero-order valence-corrected chi connectivity index (χ0v) is 20.7. The van der Waals surface area contributed by atoms with E-state index < -0.39 is 17.8 Å². The molecule has 4 amide bonds. The predicted octanol–water partition coefficient (Wildman–Crippen LogP) is 5.62. The third kappa shape index (κ3) is 4.81. The Morgan fingerprint density at radius 3 is 1.97 bits per heavy atom. The number of anilines is 1. The Kier molecular flexibility index (Phi) is 6.20. The summed E-state index contributed by atoms with van der Waals surface area (Å²) in [5.74, 6) is -1.32. The molecule has 0 spiro atoms. The quantitative estimate of drug-likeness (QED) is 0.442. The molecule has 1 heterocycles. The number of hydrogen-bond acceptors (Lipinski definition) is 4. The molecule has 0 aromatic heterocycles. The first kappa shape index (κ1) is 24.5. The molecule has 2 aromatic rings. The van der Waals surface area contributed by atoms with Crippen LogP contribution in [0.4, 0.5) is 10.5 Å². The SMILES string of the molecule is Cc1ccc(N2C(=O)NC(=O)/C(=C/c3cc(C(C)(C)C)c(O)c(C(C)(C)C)c3)C2=O)cc1Cl. The van der Waals surface area contributed by atoms with Gasteiger partial charge in [-0.2, -0.15) is 0 Å². The van der Waals surface area contributed by atoms with Crippen molar-refractivity contribution in [1.82, 2.24) is 5.32 Å². The lowest BCUT2D eigenvalue weighted by molar-refractivity contribution is -0.122. The largest absolute Gasteiger partial charge is 0.507 e. The van der Waals surface area contributed by atoms with Crippen LogP contribution in [0.3, 0.4) is 0 Å². The molecule has 1 aliphatic rings. The lowest BCUT2D eigenvalue weighted by Gasteiger charge is -2.29. The summed E-state index contributed by atoms with van der Waals surface area (Å²) in [5.41, 5.74) is 2.10. The number of carbonyl (C=O) groups excluding carboxylic acids is 3. The highest BCUT2D eigenvalue weighted by Crippen LogP contribution is 2.40. The van der Waals surface area contributed by atoms with E-state index >= 15 is 0 Å². The van der Waals surface area contributed by atoms with Crippen molar-refractivity contribution in [3.8, 4) is 5.75 Å². The monoisotopic (exact) mass is 468 g/mol. The molecule has 174 valence electrons. The molecule has 2 aromatic carbocycles. The number of hydrogen-bond donors (Lipinski definition) is 2. The number of barbiturate groups is 1. The number of urea groups is 1. The van der Waals surface area contributed by atoms with Gasteiger partial charge in [0.05, 0.1) is 5.69 Å². The van der Waals surface area contributed by atoms with Crippen molar-refractivity contribution in [3.05, 3.63) is 63.2 Å². The first-order chi connectivity index (χ1) is 15.1. The van der Waals surface area contributed by atoms with Gasteiger partial charge in [0.15, 0.2) is 0 Å². The van der Waals surface area contributed by atoms with E-state index in [1.54, 1.807) is 24.3 Å². The molecule has 1 saturated heterocycles. The van der Waals surface area contributed by atoms with Crippen LogP contribution in [0.25, 0.3) is 6.08 Å². The average molecular weight is 469 g/mol. The molecule has 1 fully saturated rings. The van der Waals surface area contributed by atoms with E-state index in [1.807, 2.05) is 48.5 Å². The fourth-order valence-electron chi connectivity index (χ4n) is 3.66. The summed E-state index contributed by atoms with van der Waals surface area (Å²) in [6.07, 6.45) is 1.46. The number of benzene rings is 2. The molecule has 2 N–H and O–H groups in total. The van der Waals surface area contributed by atoms with Gasteiger partial charge in [0.1, 0.15) is 11.3 Å². The molecule has 7 heteroatoms. The molecule has 0 unspecified atom stereocenters. The Bertz CT molecular complexity index is 1160. The summed E-state index contributed by atoms with van der Waals surface area (Å²) in [5, 5.41) is 13.6.